The number of rotatable bonds is 3. The quantitative estimate of drug-likeness (QED) is 0.895. The van der Waals surface area contributed by atoms with Crippen LogP contribution < -0.4 is 10.6 Å². The van der Waals surface area contributed by atoms with E-state index in [0.717, 1.165) is 36.3 Å². The number of anilines is 2. The van der Waals surface area contributed by atoms with Crippen molar-refractivity contribution < 1.29 is 4.79 Å². The molecule has 3 rings (SSSR count). The molecule has 1 heterocycles. The predicted molar refractivity (Wildman–Crippen MR) is 82.0 cm³/mol. The van der Waals surface area contributed by atoms with Gasteiger partial charge in [-0.2, -0.15) is 0 Å². The molecule has 20 heavy (non-hydrogen) atoms. The number of nitrogens with one attached hydrogen (secondary N) is 2. The molecule has 0 unspecified atom stereocenters. The minimum atomic E-state index is 0.0372. The first-order valence-electron chi connectivity index (χ1n) is 7.02. The molecule has 0 aliphatic carbocycles. The van der Waals surface area contributed by atoms with Crippen molar-refractivity contribution in [2.45, 2.75) is 19.3 Å². The Bertz CT molecular complexity index is 608. The Morgan fingerprint density at radius 2 is 1.95 bits per heavy atom. The molecule has 102 valence electrons. The van der Waals surface area contributed by atoms with Crippen LogP contribution in [-0.2, 0) is 17.6 Å². The second-order valence-corrected chi connectivity index (χ2v) is 5.07. The Labute approximate surface area is 119 Å². The first kappa shape index (κ1) is 12.7. The van der Waals surface area contributed by atoms with E-state index in [2.05, 4.69) is 16.7 Å². The van der Waals surface area contributed by atoms with E-state index in [0.29, 0.717) is 6.42 Å². The van der Waals surface area contributed by atoms with E-state index in [1.165, 1.54) is 5.56 Å². The predicted octanol–water partition coefficient (Wildman–Crippen LogP) is 3.23. The number of carbonyl (C=O) groups is 1. The van der Waals surface area contributed by atoms with Crippen molar-refractivity contribution in [1.82, 2.24) is 0 Å². The number of carbonyl (C=O) groups excluding carboxylic acids is 1. The molecule has 0 fully saturated rings. The minimum Gasteiger partial charge on any atom is -0.385 e. The van der Waals surface area contributed by atoms with E-state index < -0.39 is 0 Å². The van der Waals surface area contributed by atoms with E-state index in [-0.39, 0.29) is 5.91 Å². The number of fused-ring (bicyclic) bond motifs is 1. The molecule has 0 bridgehead atoms. The highest BCUT2D eigenvalue weighted by Crippen LogP contribution is 2.28. The highest BCUT2D eigenvalue weighted by atomic mass is 16.1. The summed E-state index contributed by atoms with van der Waals surface area (Å²) in [4.78, 5) is 12.1. The van der Waals surface area contributed by atoms with Crippen molar-refractivity contribution in [1.29, 1.82) is 0 Å². The van der Waals surface area contributed by atoms with Gasteiger partial charge in [0.1, 0.15) is 0 Å². The standard InChI is InChI=1S/C17H18N2O/c20-17(12-13-6-2-1-3-7-13)19-16-10-4-9-15-14(16)8-5-11-18-15/h1-4,6-7,9-10,18H,5,8,11-12H2,(H,19,20). The van der Waals surface area contributed by atoms with Crippen molar-refractivity contribution in [2.75, 3.05) is 17.2 Å². The van der Waals surface area contributed by atoms with Gasteiger partial charge in [0.2, 0.25) is 5.91 Å². The van der Waals surface area contributed by atoms with Gasteiger partial charge in [-0.15, -0.1) is 0 Å². The molecule has 0 saturated heterocycles. The minimum absolute atomic E-state index is 0.0372. The molecule has 3 nitrogen and oxygen atoms in total. The van der Waals surface area contributed by atoms with Gasteiger partial charge >= 0.3 is 0 Å². The zero-order valence-corrected chi connectivity index (χ0v) is 11.4. The molecule has 2 aromatic carbocycles. The summed E-state index contributed by atoms with van der Waals surface area (Å²) >= 11 is 0. The van der Waals surface area contributed by atoms with Crippen LogP contribution in [0.3, 0.4) is 0 Å². The Morgan fingerprint density at radius 1 is 1.10 bits per heavy atom. The Hall–Kier alpha value is -2.29. The van der Waals surface area contributed by atoms with Crippen molar-refractivity contribution in [2.24, 2.45) is 0 Å². The zero-order valence-electron chi connectivity index (χ0n) is 11.4. The van der Waals surface area contributed by atoms with E-state index in [4.69, 9.17) is 0 Å². The molecular weight excluding hydrogens is 248 g/mol. The highest BCUT2D eigenvalue weighted by molar-refractivity contribution is 5.94. The van der Waals surface area contributed by atoms with Gasteiger partial charge in [0, 0.05) is 17.9 Å². The second kappa shape index (κ2) is 5.78. The molecule has 2 N–H and O–H groups in total. The maximum absolute atomic E-state index is 12.1. The molecule has 0 aromatic heterocycles. The monoisotopic (exact) mass is 266 g/mol. The normalized spacial score (nSPS) is 13.2. The summed E-state index contributed by atoms with van der Waals surface area (Å²) < 4.78 is 0. The third-order valence-corrected chi connectivity index (χ3v) is 3.58. The van der Waals surface area contributed by atoms with Crippen molar-refractivity contribution in [3.05, 3.63) is 59.7 Å². The number of amides is 1. The molecule has 1 amide bonds. The van der Waals surface area contributed by atoms with Crippen molar-refractivity contribution in [3.63, 3.8) is 0 Å². The maximum Gasteiger partial charge on any atom is 0.228 e. The summed E-state index contributed by atoms with van der Waals surface area (Å²) in [5.41, 5.74) is 4.34. The fourth-order valence-electron chi connectivity index (χ4n) is 2.60. The van der Waals surface area contributed by atoms with Crippen LogP contribution in [0.25, 0.3) is 0 Å². The number of benzene rings is 2. The van der Waals surface area contributed by atoms with E-state index in [1.807, 2.05) is 42.5 Å². The molecule has 1 aliphatic heterocycles. The van der Waals surface area contributed by atoms with E-state index in [9.17, 15) is 4.79 Å². The maximum atomic E-state index is 12.1. The third-order valence-electron chi connectivity index (χ3n) is 3.58. The van der Waals surface area contributed by atoms with Crippen LogP contribution in [0.1, 0.15) is 17.5 Å². The first-order chi connectivity index (χ1) is 9.83. The van der Waals surface area contributed by atoms with Gasteiger partial charge in [-0.25, -0.2) is 0 Å². The fraction of sp³-hybridized carbons (Fsp3) is 0.235. The van der Waals surface area contributed by atoms with Crippen LogP contribution in [0, 0.1) is 0 Å². The lowest BCUT2D eigenvalue weighted by Gasteiger charge is -2.21. The molecule has 0 spiro atoms. The summed E-state index contributed by atoms with van der Waals surface area (Å²) in [7, 11) is 0. The molecule has 1 aliphatic rings. The summed E-state index contributed by atoms with van der Waals surface area (Å²) in [6.45, 7) is 1.01. The van der Waals surface area contributed by atoms with E-state index >= 15 is 0 Å². The van der Waals surface area contributed by atoms with Gasteiger partial charge in [0.15, 0.2) is 0 Å². The highest BCUT2D eigenvalue weighted by Gasteiger charge is 2.14. The molecule has 0 atom stereocenters. The van der Waals surface area contributed by atoms with Crippen LogP contribution in [0.2, 0.25) is 0 Å². The SMILES string of the molecule is O=C(Cc1ccccc1)Nc1cccc2c1CCCN2. The number of hydrogen-bond acceptors (Lipinski definition) is 2. The van der Waals surface area contributed by atoms with Gasteiger partial charge in [-0.05, 0) is 36.1 Å². The number of hydrogen-bond donors (Lipinski definition) is 2. The Kier molecular flexibility index (Phi) is 3.68. The summed E-state index contributed by atoms with van der Waals surface area (Å²) in [5, 5.41) is 6.41. The van der Waals surface area contributed by atoms with Crippen molar-refractivity contribution in [3.8, 4) is 0 Å². The summed E-state index contributed by atoms with van der Waals surface area (Å²) in [6.07, 6.45) is 2.54. The zero-order chi connectivity index (χ0) is 13.8. The Balaban J connectivity index is 1.73. The van der Waals surface area contributed by atoms with E-state index in [1.54, 1.807) is 0 Å². The molecule has 3 heteroatoms. The lowest BCUT2D eigenvalue weighted by molar-refractivity contribution is -0.115. The largest absolute Gasteiger partial charge is 0.385 e. The lowest BCUT2D eigenvalue weighted by Crippen LogP contribution is -2.18. The van der Waals surface area contributed by atoms with Gasteiger partial charge in [0.25, 0.3) is 0 Å². The second-order valence-electron chi connectivity index (χ2n) is 5.07. The van der Waals surface area contributed by atoms with Gasteiger partial charge in [-0.1, -0.05) is 36.4 Å². The summed E-state index contributed by atoms with van der Waals surface area (Å²) in [5.74, 6) is 0.0372. The summed E-state index contributed by atoms with van der Waals surface area (Å²) in [6, 6.07) is 15.9. The van der Waals surface area contributed by atoms with Crippen LogP contribution in [-0.4, -0.2) is 12.5 Å². The average molecular weight is 266 g/mol. The third kappa shape index (κ3) is 2.82. The van der Waals surface area contributed by atoms with Gasteiger partial charge in [-0.3, -0.25) is 4.79 Å². The molecule has 0 saturated carbocycles. The molecule has 2 aromatic rings. The fourth-order valence-corrected chi connectivity index (χ4v) is 2.60. The van der Waals surface area contributed by atoms with Gasteiger partial charge in [0.05, 0.1) is 6.42 Å². The average Bonchev–Trinajstić information content (AvgIpc) is 2.48. The van der Waals surface area contributed by atoms with Crippen LogP contribution in [0.5, 0.6) is 0 Å². The first-order valence-corrected chi connectivity index (χ1v) is 7.02. The van der Waals surface area contributed by atoms with Crippen molar-refractivity contribution >= 4 is 17.3 Å². The van der Waals surface area contributed by atoms with Crippen LogP contribution >= 0.6 is 0 Å². The topological polar surface area (TPSA) is 41.1 Å². The van der Waals surface area contributed by atoms with Gasteiger partial charge < -0.3 is 10.6 Å². The molecular formula is C17H18N2O. The van der Waals surface area contributed by atoms with Crippen LogP contribution in [0.4, 0.5) is 11.4 Å². The lowest BCUT2D eigenvalue weighted by atomic mass is 10.0. The Morgan fingerprint density at radius 3 is 2.80 bits per heavy atom. The van der Waals surface area contributed by atoms with Crippen LogP contribution in [0.15, 0.2) is 48.5 Å². The smallest absolute Gasteiger partial charge is 0.228 e. The molecule has 0 radical (unpaired) electrons.